The summed E-state index contributed by atoms with van der Waals surface area (Å²) in [6, 6.07) is 19.9. The SMILES string of the molecule is NC(=O)c1ccc2c(c1)nc(-c1c(C(=O)O)sc3cccc(Cl)c13)n2CCn1c(-c2c(C(=O)O)sc3cccc(Cl)c23)nc2cc(C(N)=O)ccc21. The summed E-state index contributed by atoms with van der Waals surface area (Å²) < 4.78 is 4.93. The molecule has 0 atom stereocenters. The van der Waals surface area contributed by atoms with Crippen LogP contribution in [0.4, 0.5) is 0 Å². The van der Waals surface area contributed by atoms with Gasteiger partial charge in [0.05, 0.1) is 43.2 Å². The van der Waals surface area contributed by atoms with E-state index in [4.69, 9.17) is 44.6 Å². The van der Waals surface area contributed by atoms with Crippen LogP contribution in [0.5, 0.6) is 0 Å². The highest BCUT2D eigenvalue weighted by atomic mass is 35.5. The number of carbonyl (C=O) groups is 4. The van der Waals surface area contributed by atoms with E-state index in [0.29, 0.717) is 63.4 Å². The van der Waals surface area contributed by atoms with Gasteiger partial charge >= 0.3 is 11.9 Å². The summed E-state index contributed by atoms with van der Waals surface area (Å²) in [4.78, 5) is 59.4. The Hall–Kier alpha value is -5.80. The first-order chi connectivity index (χ1) is 24.9. The van der Waals surface area contributed by atoms with Gasteiger partial charge in [0.1, 0.15) is 21.4 Å². The molecule has 12 nitrogen and oxygen atoms in total. The highest BCUT2D eigenvalue weighted by molar-refractivity contribution is 7.22. The van der Waals surface area contributed by atoms with Crippen LogP contribution >= 0.6 is 45.9 Å². The molecule has 0 fully saturated rings. The van der Waals surface area contributed by atoms with E-state index in [9.17, 15) is 29.4 Å². The molecule has 8 rings (SSSR count). The molecule has 52 heavy (non-hydrogen) atoms. The number of halogens is 2. The minimum absolute atomic E-state index is 0.0213. The summed E-state index contributed by atoms with van der Waals surface area (Å²) in [5.41, 5.74) is 14.2. The molecule has 0 aliphatic carbocycles. The number of carbonyl (C=O) groups excluding carboxylic acids is 2. The van der Waals surface area contributed by atoms with E-state index in [0.717, 1.165) is 22.7 Å². The Morgan fingerprint density at radius 3 is 1.40 bits per heavy atom. The van der Waals surface area contributed by atoms with Crippen LogP contribution in [0.2, 0.25) is 10.0 Å². The molecular formula is C36H22Cl2N6O6S2. The highest BCUT2D eigenvalue weighted by Gasteiger charge is 2.29. The summed E-state index contributed by atoms with van der Waals surface area (Å²) in [5, 5.41) is 22.4. The lowest BCUT2D eigenvalue weighted by Gasteiger charge is -2.14. The lowest BCUT2D eigenvalue weighted by molar-refractivity contribution is 0.0692. The molecule has 0 spiro atoms. The molecule has 4 aromatic carbocycles. The van der Waals surface area contributed by atoms with Crippen molar-refractivity contribution >= 4 is 112 Å². The first kappa shape index (κ1) is 33.3. The van der Waals surface area contributed by atoms with E-state index in [2.05, 4.69) is 0 Å². The number of carboxylic acid groups (broad SMARTS) is 2. The molecule has 0 aliphatic heterocycles. The number of nitrogens with two attached hydrogens (primary N) is 2. The van der Waals surface area contributed by atoms with Crippen molar-refractivity contribution < 1.29 is 29.4 Å². The number of imidazole rings is 2. The second kappa shape index (κ2) is 12.5. The maximum Gasteiger partial charge on any atom is 0.346 e. The zero-order chi connectivity index (χ0) is 36.6. The smallest absolute Gasteiger partial charge is 0.346 e. The fourth-order valence-electron chi connectivity index (χ4n) is 6.54. The van der Waals surface area contributed by atoms with Crippen molar-refractivity contribution in [2.45, 2.75) is 13.1 Å². The largest absolute Gasteiger partial charge is 0.477 e. The number of thiophene rings is 2. The Morgan fingerprint density at radius 2 is 1.04 bits per heavy atom. The van der Waals surface area contributed by atoms with Crippen molar-refractivity contribution in [1.82, 2.24) is 19.1 Å². The number of rotatable bonds is 9. The Balaban J connectivity index is 1.39. The molecule has 0 radical (unpaired) electrons. The molecule has 0 aliphatic rings. The van der Waals surface area contributed by atoms with Gasteiger partial charge in [0.15, 0.2) is 0 Å². The van der Waals surface area contributed by atoms with Crippen LogP contribution < -0.4 is 11.5 Å². The van der Waals surface area contributed by atoms with Crippen molar-refractivity contribution in [1.29, 1.82) is 0 Å². The first-order valence-corrected chi connectivity index (χ1v) is 17.8. The van der Waals surface area contributed by atoms with Crippen LogP contribution in [0.3, 0.4) is 0 Å². The van der Waals surface area contributed by atoms with Gasteiger partial charge in [-0.05, 0) is 60.7 Å². The topological polar surface area (TPSA) is 196 Å². The molecule has 0 saturated heterocycles. The van der Waals surface area contributed by atoms with Crippen LogP contribution in [0.1, 0.15) is 40.1 Å². The molecule has 0 saturated carbocycles. The van der Waals surface area contributed by atoms with Crippen molar-refractivity contribution in [3.63, 3.8) is 0 Å². The number of aromatic nitrogens is 4. The zero-order valence-electron chi connectivity index (χ0n) is 26.4. The second-order valence-corrected chi connectivity index (χ2v) is 14.7. The molecule has 2 amide bonds. The normalized spacial score (nSPS) is 11.7. The molecule has 4 aromatic heterocycles. The average molecular weight is 770 g/mol. The number of primary amides is 2. The standard InChI is InChI=1S/C36H22Cl2N6O6S2/c37-17-3-1-5-23-25(17)27(29(51-23)35(47)48)33-41-19-13-15(31(39)45)7-9-21(19)43(33)11-12-44-22-10-8-16(32(40)46)14-20(22)42-34(44)28-26-18(38)4-2-6-24(26)52-30(28)36(49)50/h1-10,13-14H,11-12H2,(H2,39,45)(H2,40,46)(H,47,48)(H,49,50). The van der Waals surface area contributed by atoms with Crippen molar-refractivity contribution in [3.05, 3.63) is 104 Å². The van der Waals surface area contributed by atoms with E-state index in [1.165, 1.54) is 12.1 Å². The van der Waals surface area contributed by atoms with Gasteiger partial charge in [-0.2, -0.15) is 0 Å². The lowest BCUT2D eigenvalue weighted by atomic mass is 10.1. The molecule has 0 bridgehead atoms. The third kappa shape index (κ3) is 5.26. The summed E-state index contributed by atoms with van der Waals surface area (Å²) >= 11 is 15.5. The van der Waals surface area contributed by atoms with Gasteiger partial charge in [-0.3, -0.25) is 9.59 Å². The maximum absolute atomic E-state index is 12.7. The predicted molar refractivity (Wildman–Crippen MR) is 202 cm³/mol. The number of hydrogen-bond acceptors (Lipinski definition) is 8. The number of benzene rings is 4. The van der Waals surface area contributed by atoms with Crippen molar-refractivity contribution in [2.75, 3.05) is 0 Å². The molecule has 8 aromatic rings. The minimum Gasteiger partial charge on any atom is -0.477 e. The zero-order valence-corrected chi connectivity index (χ0v) is 29.5. The van der Waals surface area contributed by atoms with Gasteiger partial charge in [-0.25, -0.2) is 19.6 Å². The number of aromatic carboxylic acids is 2. The monoisotopic (exact) mass is 768 g/mol. The van der Waals surface area contributed by atoms with E-state index >= 15 is 0 Å². The van der Waals surface area contributed by atoms with Crippen LogP contribution in [-0.4, -0.2) is 53.1 Å². The average Bonchev–Trinajstić information content (AvgIpc) is 3.87. The second-order valence-electron chi connectivity index (χ2n) is 11.8. The molecular weight excluding hydrogens is 747 g/mol. The minimum atomic E-state index is -1.17. The third-order valence-corrected chi connectivity index (χ3v) is 11.7. The van der Waals surface area contributed by atoms with E-state index in [1.54, 1.807) is 60.7 Å². The van der Waals surface area contributed by atoms with Gasteiger partial charge in [-0.15, -0.1) is 22.7 Å². The molecule has 6 N–H and O–H groups in total. The van der Waals surface area contributed by atoms with Gasteiger partial charge in [-0.1, -0.05) is 35.3 Å². The number of amides is 2. The van der Waals surface area contributed by atoms with Crippen LogP contribution in [0.25, 0.3) is 65.0 Å². The number of nitrogens with zero attached hydrogens (tertiary/aromatic N) is 4. The summed E-state index contributed by atoms with van der Waals surface area (Å²) in [5.74, 6) is -3.09. The summed E-state index contributed by atoms with van der Waals surface area (Å²) in [7, 11) is 0. The molecule has 16 heteroatoms. The number of carboxylic acids is 2. The number of aryl methyl sites for hydroxylation is 2. The van der Waals surface area contributed by atoms with Crippen LogP contribution in [-0.2, 0) is 13.1 Å². The van der Waals surface area contributed by atoms with Crippen molar-refractivity contribution in [2.24, 2.45) is 11.5 Å². The highest BCUT2D eigenvalue weighted by Crippen LogP contribution is 2.45. The van der Waals surface area contributed by atoms with Gasteiger partial charge in [0, 0.05) is 44.4 Å². The van der Waals surface area contributed by atoms with Crippen molar-refractivity contribution in [3.8, 4) is 22.8 Å². The summed E-state index contributed by atoms with van der Waals surface area (Å²) in [6.45, 7) is 0.299. The summed E-state index contributed by atoms with van der Waals surface area (Å²) in [6.07, 6.45) is 0. The fraction of sp³-hybridized carbons (Fsp3) is 0.0556. The molecule has 0 unspecified atom stereocenters. The van der Waals surface area contributed by atoms with Crippen LogP contribution in [0.15, 0.2) is 72.8 Å². The molecule has 4 heterocycles. The fourth-order valence-corrected chi connectivity index (χ4v) is 9.32. The Kier molecular flexibility index (Phi) is 7.99. The lowest BCUT2D eigenvalue weighted by Crippen LogP contribution is -2.12. The first-order valence-electron chi connectivity index (χ1n) is 15.4. The predicted octanol–water partition coefficient (Wildman–Crippen LogP) is 7.75. The maximum atomic E-state index is 12.7. The van der Waals surface area contributed by atoms with E-state index in [-0.39, 0.29) is 45.6 Å². The van der Waals surface area contributed by atoms with Crippen LogP contribution in [0, 0.1) is 0 Å². The van der Waals surface area contributed by atoms with Gasteiger partial charge in [0.25, 0.3) is 0 Å². The quantitative estimate of drug-likeness (QED) is 0.114. The third-order valence-electron chi connectivity index (χ3n) is 8.78. The van der Waals surface area contributed by atoms with Gasteiger partial charge < -0.3 is 30.8 Å². The van der Waals surface area contributed by atoms with E-state index in [1.807, 2.05) is 9.13 Å². The molecule has 258 valence electrons. The Bertz CT molecular complexity index is 2680. The number of hydrogen-bond donors (Lipinski definition) is 4. The number of fused-ring (bicyclic) bond motifs is 4. The Labute approximate surface area is 310 Å². The van der Waals surface area contributed by atoms with E-state index < -0.39 is 23.8 Å². The van der Waals surface area contributed by atoms with Gasteiger partial charge in [0.2, 0.25) is 11.8 Å². The Morgan fingerprint density at radius 1 is 0.635 bits per heavy atom.